The van der Waals surface area contributed by atoms with Gasteiger partial charge in [0, 0.05) is 19.8 Å². The number of rotatable bonds is 10. The Balaban J connectivity index is 3.47. The quantitative estimate of drug-likeness (QED) is 0.574. The fourth-order valence-electron chi connectivity index (χ4n) is 1.19. The molecule has 0 heterocycles. The lowest BCUT2D eigenvalue weighted by atomic mass is 10.2. The fourth-order valence-corrected chi connectivity index (χ4v) is 1.19. The van der Waals surface area contributed by atoms with Crippen molar-refractivity contribution in [3.05, 3.63) is 0 Å². The van der Waals surface area contributed by atoms with Gasteiger partial charge in [0.2, 0.25) is 0 Å². The Labute approximate surface area is 90.1 Å². The van der Waals surface area contributed by atoms with Crippen molar-refractivity contribution in [2.75, 3.05) is 33.5 Å². The van der Waals surface area contributed by atoms with Crippen LogP contribution in [0.2, 0.25) is 0 Å². The molecule has 0 amide bonds. The van der Waals surface area contributed by atoms with Crippen molar-refractivity contribution in [1.82, 2.24) is 5.32 Å². The van der Waals surface area contributed by atoms with Crippen LogP contribution in [0.1, 0.15) is 19.8 Å². The first-order valence-electron chi connectivity index (χ1n) is 5.28. The second-order valence-corrected chi connectivity index (χ2v) is 3.36. The molecule has 5 heteroatoms. The first kappa shape index (κ1) is 14.7. The molecule has 0 aromatic rings. The van der Waals surface area contributed by atoms with Gasteiger partial charge in [0.1, 0.15) is 6.61 Å². The third-order valence-corrected chi connectivity index (χ3v) is 1.91. The van der Waals surface area contributed by atoms with E-state index in [-0.39, 0.29) is 6.04 Å². The van der Waals surface area contributed by atoms with Crippen LogP contribution in [0.4, 0.5) is 8.78 Å². The Morgan fingerprint density at radius 3 is 2.53 bits per heavy atom. The third-order valence-electron chi connectivity index (χ3n) is 1.91. The smallest absolute Gasteiger partial charge is 0.261 e. The molecular weight excluding hydrogens is 204 g/mol. The van der Waals surface area contributed by atoms with Crippen LogP contribution < -0.4 is 5.32 Å². The Hall–Kier alpha value is -0.260. The summed E-state index contributed by atoms with van der Waals surface area (Å²) in [5, 5.41) is 3.27. The molecule has 0 aromatic carbocycles. The van der Waals surface area contributed by atoms with Gasteiger partial charge in [-0.25, -0.2) is 8.78 Å². The molecular formula is C10H21F2NO2. The van der Waals surface area contributed by atoms with E-state index in [1.54, 1.807) is 7.11 Å². The van der Waals surface area contributed by atoms with Gasteiger partial charge >= 0.3 is 0 Å². The number of halogens is 2. The summed E-state index contributed by atoms with van der Waals surface area (Å²) in [7, 11) is 1.63. The summed E-state index contributed by atoms with van der Waals surface area (Å²) in [5.41, 5.74) is 0. The van der Waals surface area contributed by atoms with Crippen LogP contribution in [-0.2, 0) is 9.47 Å². The van der Waals surface area contributed by atoms with E-state index in [2.05, 4.69) is 12.2 Å². The van der Waals surface area contributed by atoms with Crippen molar-refractivity contribution >= 4 is 0 Å². The van der Waals surface area contributed by atoms with Crippen LogP contribution in [-0.4, -0.2) is 45.9 Å². The summed E-state index contributed by atoms with van der Waals surface area (Å²) in [4.78, 5) is 0. The van der Waals surface area contributed by atoms with Gasteiger partial charge in [0.15, 0.2) is 0 Å². The average molecular weight is 225 g/mol. The van der Waals surface area contributed by atoms with Gasteiger partial charge in [0.05, 0.1) is 6.61 Å². The topological polar surface area (TPSA) is 30.5 Å². The van der Waals surface area contributed by atoms with Gasteiger partial charge in [-0.05, 0) is 19.4 Å². The summed E-state index contributed by atoms with van der Waals surface area (Å²) in [6, 6.07) is 0.188. The van der Waals surface area contributed by atoms with Crippen molar-refractivity contribution in [1.29, 1.82) is 0 Å². The Kier molecular flexibility index (Phi) is 10.1. The molecule has 1 atom stereocenters. The van der Waals surface area contributed by atoms with Gasteiger partial charge in [-0.3, -0.25) is 0 Å². The predicted molar refractivity (Wildman–Crippen MR) is 55.4 cm³/mol. The van der Waals surface area contributed by atoms with E-state index in [9.17, 15) is 8.78 Å². The van der Waals surface area contributed by atoms with Crippen LogP contribution in [0.3, 0.4) is 0 Å². The van der Waals surface area contributed by atoms with Gasteiger partial charge < -0.3 is 14.8 Å². The molecule has 0 fully saturated rings. The predicted octanol–water partition coefficient (Wildman–Crippen LogP) is 1.67. The summed E-state index contributed by atoms with van der Waals surface area (Å²) < 4.78 is 33.3. The molecule has 1 unspecified atom stereocenters. The van der Waals surface area contributed by atoms with E-state index >= 15 is 0 Å². The van der Waals surface area contributed by atoms with E-state index in [0.29, 0.717) is 19.6 Å². The number of alkyl halides is 2. The maximum absolute atomic E-state index is 11.7. The minimum absolute atomic E-state index is 0.188. The summed E-state index contributed by atoms with van der Waals surface area (Å²) >= 11 is 0. The molecule has 0 saturated carbocycles. The molecule has 92 valence electrons. The number of hydrogen-bond acceptors (Lipinski definition) is 3. The van der Waals surface area contributed by atoms with Crippen molar-refractivity contribution in [3.8, 4) is 0 Å². The molecule has 15 heavy (non-hydrogen) atoms. The zero-order valence-corrected chi connectivity index (χ0v) is 9.47. The molecule has 0 radical (unpaired) electrons. The van der Waals surface area contributed by atoms with Gasteiger partial charge in [-0.15, -0.1) is 0 Å². The van der Waals surface area contributed by atoms with Crippen LogP contribution >= 0.6 is 0 Å². The van der Waals surface area contributed by atoms with Crippen LogP contribution in [0.5, 0.6) is 0 Å². The van der Waals surface area contributed by atoms with Crippen molar-refractivity contribution in [3.63, 3.8) is 0 Å². The lowest BCUT2D eigenvalue weighted by molar-refractivity contribution is 0.0118. The number of ether oxygens (including phenoxy) is 2. The van der Waals surface area contributed by atoms with Gasteiger partial charge in [0.25, 0.3) is 6.43 Å². The Morgan fingerprint density at radius 1 is 1.27 bits per heavy atom. The summed E-state index contributed by atoms with van der Waals surface area (Å²) in [6.45, 7) is 3.42. The number of methoxy groups -OCH3 is 1. The maximum atomic E-state index is 11.7. The first-order valence-corrected chi connectivity index (χ1v) is 5.28. The molecule has 1 N–H and O–H groups in total. The number of hydrogen-bond donors (Lipinski definition) is 1. The van der Waals surface area contributed by atoms with E-state index in [4.69, 9.17) is 9.47 Å². The average Bonchev–Trinajstić information content (AvgIpc) is 2.20. The highest BCUT2D eigenvalue weighted by Gasteiger charge is 2.08. The van der Waals surface area contributed by atoms with Gasteiger partial charge in [-0.2, -0.15) is 0 Å². The molecule has 0 aliphatic heterocycles. The van der Waals surface area contributed by atoms with Crippen LogP contribution in [0, 0.1) is 0 Å². The zero-order chi connectivity index (χ0) is 11.5. The van der Waals surface area contributed by atoms with Crippen LogP contribution in [0.25, 0.3) is 0 Å². The second kappa shape index (κ2) is 10.3. The highest BCUT2D eigenvalue weighted by atomic mass is 19.3. The highest BCUT2D eigenvalue weighted by molar-refractivity contribution is 4.65. The summed E-state index contributed by atoms with van der Waals surface area (Å²) in [6.07, 6.45) is -0.645. The largest absolute Gasteiger partial charge is 0.383 e. The van der Waals surface area contributed by atoms with E-state index in [0.717, 1.165) is 13.0 Å². The lowest BCUT2D eigenvalue weighted by Crippen LogP contribution is -2.35. The number of nitrogens with one attached hydrogen (secondary N) is 1. The SMILES string of the molecule is CCCNC(CCOCC(F)F)COC. The van der Waals surface area contributed by atoms with E-state index < -0.39 is 13.0 Å². The van der Waals surface area contributed by atoms with Crippen molar-refractivity contribution in [2.24, 2.45) is 0 Å². The molecule has 0 aliphatic carbocycles. The molecule has 0 aromatic heterocycles. The monoisotopic (exact) mass is 225 g/mol. The Morgan fingerprint density at radius 2 is 2.00 bits per heavy atom. The minimum Gasteiger partial charge on any atom is -0.383 e. The van der Waals surface area contributed by atoms with Gasteiger partial charge in [-0.1, -0.05) is 6.92 Å². The standard InChI is InChI=1S/C10H21F2NO2/c1-3-5-13-9(7-14-2)4-6-15-8-10(11)12/h9-10,13H,3-8H2,1-2H3. The zero-order valence-electron chi connectivity index (χ0n) is 9.47. The first-order chi connectivity index (χ1) is 7.20. The molecule has 3 nitrogen and oxygen atoms in total. The normalized spacial score (nSPS) is 13.4. The third kappa shape index (κ3) is 10.0. The molecule has 0 bridgehead atoms. The van der Waals surface area contributed by atoms with Crippen molar-refractivity contribution < 1.29 is 18.3 Å². The molecule has 0 saturated heterocycles. The van der Waals surface area contributed by atoms with Crippen LogP contribution in [0.15, 0.2) is 0 Å². The van der Waals surface area contributed by atoms with Crippen molar-refractivity contribution in [2.45, 2.75) is 32.2 Å². The molecule has 0 aliphatic rings. The molecule has 0 rings (SSSR count). The van der Waals surface area contributed by atoms with E-state index in [1.807, 2.05) is 0 Å². The van der Waals surface area contributed by atoms with E-state index in [1.165, 1.54) is 0 Å². The maximum Gasteiger partial charge on any atom is 0.261 e. The lowest BCUT2D eigenvalue weighted by Gasteiger charge is -2.17. The fraction of sp³-hybridized carbons (Fsp3) is 1.00. The highest BCUT2D eigenvalue weighted by Crippen LogP contribution is 1.97. The second-order valence-electron chi connectivity index (χ2n) is 3.36. The summed E-state index contributed by atoms with van der Waals surface area (Å²) in [5.74, 6) is 0. The molecule has 0 spiro atoms. The Bertz CT molecular complexity index is 137. The minimum atomic E-state index is -2.38.